The van der Waals surface area contributed by atoms with E-state index in [1.165, 1.54) is 0 Å². The number of nitrogens with zero attached hydrogens (tertiary/aromatic N) is 2. The highest BCUT2D eigenvalue weighted by Crippen LogP contribution is 2.10. The van der Waals surface area contributed by atoms with E-state index < -0.39 is 0 Å². The van der Waals surface area contributed by atoms with E-state index in [1.54, 1.807) is 12.1 Å². The average Bonchev–Trinajstić information content (AvgIpc) is 2.84. The van der Waals surface area contributed by atoms with Gasteiger partial charge in [0.1, 0.15) is 11.7 Å². The van der Waals surface area contributed by atoms with E-state index in [9.17, 15) is 0 Å². The minimum atomic E-state index is 0.295. The van der Waals surface area contributed by atoms with Crippen LogP contribution in [-0.2, 0) is 4.74 Å². The lowest BCUT2D eigenvalue weighted by molar-refractivity contribution is 0.0800. The molecule has 0 radical (unpaired) electrons. The van der Waals surface area contributed by atoms with Gasteiger partial charge in [-0.3, -0.25) is 5.10 Å². The fraction of sp³-hybridized carbons (Fsp3) is 0.429. The van der Waals surface area contributed by atoms with Crippen molar-refractivity contribution in [2.24, 2.45) is 10.7 Å². The number of nitrogens with one attached hydrogen (secondary N) is 3. The molecule has 1 fully saturated rings. The SMILES string of the molecule is C=C(Cl)NC(=CC(N)=Nc1cc(C)[nH]n1)NC1CCOCC1. The van der Waals surface area contributed by atoms with E-state index in [0.29, 0.717) is 28.7 Å². The van der Waals surface area contributed by atoms with E-state index in [0.717, 1.165) is 31.7 Å². The molecule has 1 aromatic rings. The number of H-pyrrole nitrogens is 1. The molecule has 0 bridgehead atoms. The molecule has 0 amide bonds. The summed E-state index contributed by atoms with van der Waals surface area (Å²) in [4.78, 5) is 4.22. The molecule has 1 aliphatic rings. The fourth-order valence-corrected chi connectivity index (χ4v) is 2.20. The molecule has 120 valence electrons. The van der Waals surface area contributed by atoms with Gasteiger partial charge in [0.05, 0.1) is 5.16 Å². The molecular weight excluding hydrogens is 304 g/mol. The third kappa shape index (κ3) is 5.42. The van der Waals surface area contributed by atoms with Crippen molar-refractivity contribution < 1.29 is 4.74 Å². The predicted molar refractivity (Wildman–Crippen MR) is 87.8 cm³/mol. The van der Waals surface area contributed by atoms with Crippen molar-refractivity contribution in [2.75, 3.05) is 13.2 Å². The molecule has 8 heteroatoms. The number of aromatic amines is 1. The Labute approximate surface area is 134 Å². The normalized spacial score (nSPS) is 17.4. The Kier molecular flexibility index (Phi) is 5.85. The van der Waals surface area contributed by atoms with E-state index in [-0.39, 0.29) is 0 Å². The molecule has 0 atom stereocenters. The van der Waals surface area contributed by atoms with Gasteiger partial charge < -0.3 is 21.1 Å². The van der Waals surface area contributed by atoms with Gasteiger partial charge in [0.25, 0.3) is 0 Å². The summed E-state index contributed by atoms with van der Waals surface area (Å²) in [5, 5.41) is 13.4. The molecule has 1 aliphatic heterocycles. The summed E-state index contributed by atoms with van der Waals surface area (Å²) in [7, 11) is 0. The van der Waals surface area contributed by atoms with Gasteiger partial charge in [-0.25, -0.2) is 4.99 Å². The lowest BCUT2D eigenvalue weighted by atomic mass is 10.1. The molecule has 2 heterocycles. The van der Waals surface area contributed by atoms with Crippen molar-refractivity contribution in [2.45, 2.75) is 25.8 Å². The van der Waals surface area contributed by atoms with E-state index in [2.05, 4.69) is 32.4 Å². The summed E-state index contributed by atoms with van der Waals surface area (Å²) >= 11 is 5.83. The highest BCUT2D eigenvalue weighted by Gasteiger charge is 2.14. The Morgan fingerprint density at radius 1 is 1.59 bits per heavy atom. The van der Waals surface area contributed by atoms with Crippen LogP contribution in [0.2, 0.25) is 0 Å². The first-order chi connectivity index (χ1) is 10.5. The van der Waals surface area contributed by atoms with Crippen LogP contribution in [0.5, 0.6) is 0 Å². The van der Waals surface area contributed by atoms with Crippen molar-refractivity contribution in [3.05, 3.63) is 35.4 Å². The van der Waals surface area contributed by atoms with Crippen LogP contribution in [-0.4, -0.2) is 35.3 Å². The van der Waals surface area contributed by atoms with Crippen LogP contribution in [0.15, 0.2) is 34.7 Å². The second-order valence-electron chi connectivity index (χ2n) is 5.06. The van der Waals surface area contributed by atoms with Crippen molar-refractivity contribution in [1.29, 1.82) is 0 Å². The number of rotatable bonds is 6. The monoisotopic (exact) mass is 324 g/mol. The quantitative estimate of drug-likeness (QED) is 0.362. The first-order valence-corrected chi connectivity index (χ1v) is 7.44. The van der Waals surface area contributed by atoms with Crippen LogP contribution in [0.25, 0.3) is 0 Å². The molecule has 0 unspecified atom stereocenters. The number of amidine groups is 1. The fourth-order valence-electron chi connectivity index (χ4n) is 2.10. The number of aryl methyl sites for hydroxylation is 1. The Balaban J connectivity index is 2.08. The molecule has 22 heavy (non-hydrogen) atoms. The molecule has 0 aliphatic carbocycles. The summed E-state index contributed by atoms with van der Waals surface area (Å²) in [6, 6.07) is 2.10. The van der Waals surface area contributed by atoms with Crippen LogP contribution in [0.3, 0.4) is 0 Å². The minimum absolute atomic E-state index is 0.295. The van der Waals surface area contributed by atoms with Gasteiger partial charge in [0.2, 0.25) is 0 Å². The maximum absolute atomic E-state index is 5.94. The first kappa shape index (κ1) is 16.4. The summed E-state index contributed by atoms with van der Waals surface area (Å²) in [6.07, 6.45) is 3.51. The number of ether oxygens (including phenoxy) is 1. The second-order valence-corrected chi connectivity index (χ2v) is 5.52. The Bertz CT molecular complexity index is 574. The summed E-state index contributed by atoms with van der Waals surface area (Å²) in [5.41, 5.74) is 6.86. The van der Waals surface area contributed by atoms with Gasteiger partial charge >= 0.3 is 0 Å². The number of halogens is 1. The van der Waals surface area contributed by atoms with Crippen LogP contribution >= 0.6 is 11.6 Å². The number of nitrogens with two attached hydrogens (primary N) is 1. The minimum Gasteiger partial charge on any atom is -0.384 e. The van der Waals surface area contributed by atoms with Gasteiger partial charge in [-0.15, -0.1) is 0 Å². The molecule has 0 saturated carbocycles. The highest BCUT2D eigenvalue weighted by atomic mass is 35.5. The Hall–Kier alpha value is -1.99. The maximum Gasteiger partial charge on any atom is 0.175 e. The van der Waals surface area contributed by atoms with Gasteiger partial charge in [0.15, 0.2) is 5.82 Å². The molecule has 7 nitrogen and oxygen atoms in total. The van der Waals surface area contributed by atoms with Crippen LogP contribution in [0.1, 0.15) is 18.5 Å². The summed E-state index contributed by atoms with van der Waals surface area (Å²) in [5.74, 6) is 1.49. The molecule has 1 saturated heterocycles. The zero-order valence-corrected chi connectivity index (χ0v) is 13.3. The molecule has 0 spiro atoms. The largest absolute Gasteiger partial charge is 0.384 e. The number of aromatic nitrogens is 2. The van der Waals surface area contributed by atoms with E-state index >= 15 is 0 Å². The average molecular weight is 325 g/mol. The Morgan fingerprint density at radius 2 is 2.32 bits per heavy atom. The van der Waals surface area contributed by atoms with Crippen molar-refractivity contribution in [1.82, 2.24) is 20.8 Å². The maximum atomic E-state index is 5.94. The van der Waals surface area contributed by atoms with Crippen molar-refractivity contribution in [3.8, 4) is 0 Å². The van der Waals surface area contributed by atoms with Crippen LogP contribution < -0.4 is 16.4 Å². The third-order valence-electron chi connectivity index (χ3n) is 3.08. The van der Waals surface area contributed by atoms with Crippen molar-refractivity contribution >= 4 is 23.3 Å². The summed E-state index contributed by atoms with van der Waals surface area (Å²) < 4.78 is 5.34. The molecular formula is C14H21ClN6O. The second kappa shape index (κ2) is 7.86. The molecule has 1 aromatic heterocycles. The number of hydrogen-bond donors (Lipinski definition) is 4. The zero-order chi connectivity index (χ0) is 15.9. The number of hydrogen-bond acceptors (Lipinski definition) is 5. The predicted octanol–water partition coefficient (Wildman–Crippen LogP) is 1.62. The molecule has 0 aromatic carbocycles. The van der Waals surface area contributed by atoms with Crippen molar-refractivity contribution in [3.63, 3.8) is 0 Å². The van der Waals surface area contributed by atoms with Gasteiger partial charge in [-0.05, 0) is 19.8 Å². The van der Waals surface area contributed by atoms with Gasteiger partial charge in [0, 0.05) is 37.1 Å². The third-order valence-corrected chi connectivity index (χ3v) is 3.17. The Morgan fingerprint density at radius 3 is 2.91 bits per heavy atom. The van der Waals surface area contributed by atoms with E-state index in [1.807, 2.05) is 6.92 Å². The van der Waals surface area contributed by atoms with Gasteiger partial charge in [-0.1, -0.05) is 18.2 Å². The van der Waals surface area contributed by atoms with Crippen LogP contribution in [0.4, 0.5) is 5.82 Å². The smallest absolute Gasteiger partial charge is 0.175 e. The summed E-state index contributed by atoms with van der Waals surface area (Å²) in [6.45, 7) is 7.01. The highest BCUT2D eigenvalue weighted by molar-refractivity contribution is 6.29. The van der Waals surface area contributed by atoms with E-state index in [4.69, 9.17) is 22.1 Å². The lowest BCUT2D eigenvalue weighted by Gasteiger charge is -2.25. The van der Waals surface area contributed by atoms with Gasteiger partial charge in [-0.2, -0.15) is 5.10 Å². The standard InChI is InChI=1S/C14H21ClN6O/c1-9-7-14(21-20-9)19-12(16)8-13(17-10(2)15)18-11-3-5-22-6-4-11/h7-8,11,17-18H,2-6H2,1H3,(H3,16,19,20,21). The van der Waals surface area contributed by atoms with Crippen LogP contribution in [0, 0.1) is 6.92 Å². The molecule has 2 rings (SSSR count). The first-order valence-electron chi connectivity index (χ1n) is 7.06. The topological polar surface area (TPSA) is 100 Å². The lowest BCUT2D eigenvalue weighted by Crippen LogP contribution is -2.38. The molecule has 5 N–H and O–H groups in total. The number of aliphatic imine (C=N–C) groups is 1. The zero-order valence-electron chi connectivity index (χ0n) is 12.5.